The molecule has 122 valence electrons. The van der Waals surface area contributed by atoms with Gasteiger partial charge in [-0.2, -0.15) is 0 Å². The van der Waals surface area contributed by atoms with E-state index in [2.05, 4.69) is 4.99 Å². The van der Waals surface area contributed by atoms with E-state index in [0.29, 0.717) is 26.3 Å². The van der Waals surface area contributed by atoms with Gasteiger partial charge < -0.3 is 5.11 Å². The van der Waals surface area contributed by atoms with E-state index in [1.807, 2.05) is 0 Å². The summed E-state index contributed by atoms with van der Waals surface area (Å²) < 4.78 is 0. The molecule has 2 aromatic carbocycles. The summed E-state index contributed by atoms with van der Waals surface area (Å²) in [4.78, 5) is 18.8. The van der Waals surface area contributed by atoms with Crippen molar-refractivity contribution in [3.8, 4) is 5.75 Å². The van der Waals surface area contributed by atoms with Crippen LogP contribution in [0.3, 0.4) is 0 Å². The van der Waals surface area contributed by atoms with Gasteiger partial charge in [-0.05, 0) is 53.7 Å². The number of amidine groups is 1. The topological polar surface area (TPSA) is 52.9 Å². The first-order valence-electron chi connectivity index (χ1n) is 6.95. The third kappa shape index (κ3) is 3.43. The van der Waals surface area contributed by atoms with Crippen molar-refractivity contribution in [2.75, 3.05) is 7.05 Å². The zero-order valence-electron chi connectivity index (χ0n) is 12.5. The second-order valence-electron chi connectivity index (χ2n) is 5.03. The van der Waals surface area contributed by atoms with Crippen LogP contribution in [0.4, 0.5) is 5.69 Å². The number of aliphatic imine (C=N–C) groups is 1. The van der Waals surface area contributed by atoms with Crippen LogP contribution in [0.25, 0.3) is 6.08 Å². The molecule has 2 aromatic rings. The second kappa shape index (κ2) is 6.89. The first-order valence-corrected chi connectivity index (χ1v) is 8.52. The van der Waals surface area contributed by atoms with E-state index in [1.54, 1.807) is 49.5 Å². The number of hydrogen-bond donors (Lipinski definition) is 1. The Morgan fingerprint density at radius 3 is 2.58 bits per heavy atom. The Balaban J connectivity index is 1.92. The van der Waals surface area contributed by atoms with E-state index in [1.165, 1.54) is 22.7 Å². The molecule has 1 amide bonds. The van der Waals surface area contributed by atoms with Crippen molar-refractivity contribution in [3.05, 3.63) is 63.0 Å². The van der Waals surface area contributed by atoms with Crippen LogP contribution in [0.1, 0.15) is 5.56 Å². The van der Waals surface area contributed by atoms with Crippen molar-refractivity contribution >= 4 is 57.8 Å². The number of amides is 1. The number of rotatable bonds is 2. The monoisotopic (exact) mass is 378 g/mol. The highest BCUT2D eigenvalue weighted by atomic mass is 35.5. The third-order valence-corrected chi connectivity index (χ3v) is 5.07. The Morgan fingerprint density at radius 1 is 1.17 bits per heavy atom. The highest BCUT2D eigenvalue weighted by Gasteiger charge is 2.30. The fourth-order valence-corrected chi connectivity index (χ4v) is 3.35. The highest BCUT2D eigenvalue weighted by Crippen LogP contribution is 2.36. The second-order valence-corrected chi connectivity index (χ2v) is 6.85. The molecule has 0 aromatic heterocycles. The maximum Gasteiger partial charge on any atom is 0.266 e. The summed E-state index contributed by atoms with van der Waals surface area (Å²) >= 11 is 13.2. The molecule has 0 spiro atoms. The molecule has 1 N–H and O–H groups in total. The van der Waals surface area contributed by atoms with Crippen molar-refractivity contribution in [3.63, 3.8) is 0 Å². The quantitative estimate of drug-likeness (QED) is 0.753. The average molecular weight is 379 g/mol. The van der Waals surface area contributed by atoms with Crippen molar-refractivity contribution in [2.24, 2.45) is 4.99 Å². The zero-order valence-corrected chi connectivity index (χ0v) is 14.9. The van der Waals surface area contributed by atoms with Crippen LogP contribution >= 0.6 is 35.0 Å². The summed E-state index contributed by atoms with van der Waals surface area (Å²) in [5, 5.41) is 11.1. The van der Waals surface area contributed by atoms with Gasteiger partial charge in [-0.25, -0.2) is 4.99 Å². The van der Waals surface area contributed by atoms with Crippen LogP contribution in [0.2, 0.25) is 10.0 Å². The maximum atomic E-state index is 12.4. The molecule has 0 bridgehead atoms. The molecule has 4 nitrogen and oxygen atoms in total. The number of phenolic OH excluding ortho intramolecular Hbond substituents is 1. The summed E-state index contributed by atoms with van der Waals surface area (Å²) in [6.45, 7) is 0. The fraction of sp³-hybridized carbons (Fsp3) is 0.0588. The van der Waals surface area contributed by atoms with Gasteiger partial charge in [0.1, 0.15) is 5.75 Å². The number of nitrogens with zero attached hydrogens (tertiary/aromatic N) is 2. The van der Waals surface area contributed by atoms with E-state index >= 15 is 0 Å². The summed E-state index contributed by atoms with van der Waals surface area (Å²) in [7, 11) is 1.66. The van der Waals surface area contributed by atoms with Gasteiger partial charge >= 0.3 is 0 Å². The predicted molar refractivity (Wildman–Crippen MR) is 100 cm³/mol. The number of hydrogen-bond acceptors (Lipinski definition) is 4. The number of thioether (sulfide) groups is 1. The van der Waals surface area contributed by atoms with Gasteiger partial charge in [-0.1, -0.05) is 35.3 Å². The number of phenols is 1. The molecular weight excluding hydrogens is 367 g/mol. The number of aromatic hydroxyl groups is 1. The van der Waals surface area contributed by atoms with Gasteiger partial charge in [0.2, 0.25) is 0 Å². The van der Waals surface area contributed by atoms with Crippen molar-refractivity contribution in [1.29, 1.82) is 0 Å². The zero-order chi connectivity index (χ0) is 17.3. The molecular formula is C17H12Cl2N2O2S. The Kier molecular flexibility index (Phi) is 4.85. The van der Waals surface area contributed by atoms with Crippen LogP contribution in [-0.2, 0) is 4.79 Å². The van der Waals surface area contributed by atoms with Gasteiger partial charge in [0, 0.05) is 12.1 Å². The van der Waals surface area contributed by atoms with Crippen LogP contribution in [0, 0.1) is 0 Å². The summed E-state index contributed by atoms with van der Waals surface area (Å²) in [5.41, 5.74) is 1.28. The SMILES string of the molecule is CN1C(=O)/C(=C/c2cccc(O)c2Cl)SC1=Nc1ccc(Cl)cc1. The largest absolute Gasteiger partial charge is 0.506 e. The third-order valence-electron chi connectivity index (χ3n) is 3.35. The van der Waals surface area contributed by atoms with Crippen molar-refractivity contribution in [2.45, 2.75) is 0 Å². The minimum Gasteiger partial charge on any atom is -0.506 e. The normalized spacial score (nSPS) is 18.0. The number of benzene rings is 2. The van der Waals surface area contributed by atoms with Gasteiger partial charge in [0.25, 0.3) is 5.91 Å². The molecule has 0 unspecified atom stereocenters. The maximum absolute atomic E-state index is 12.4. The van der Waals surface area contributed by atoms with E-state index in [0.717, 1.165) is 0 Å². The smallest absolute Gasteiger partial charge is 0.266 e. The summed E-state index contributed by atoms with van der Waals surface area (Å²) in [6.07, 6.45) is 1.65. The predicted octanol–water partition coefficient (Wildman–Crippen LogP) is 4.93. The standard InChI is InChI=1S/C17H12Cl2N2O2S/c1-21-16(23)14(9-10-3-2-4-13(22)15(10)19)24-17(21)20-12-7-5-11(18)6-8-12/h2-9,22H,1H3/b14-9-,20-17?. The fourth-order valence-electron chi connectivity index (χ4n) is 2.07. The van der Waals surface area contributed by atoms with E-state index in [-0.39, 0.29) is 16.7 Å². The summed E-state index contributed by atoms with van der Waals surface area (Å²) in [5.74, 6) is -0.197. The first-order chi connectivity index (χ1) is 11.5. The highest BCUT2D eigenvalue weighted by molar-refractivity contribution is 8.18. The first kappa shape index (κ1) is 16.9. The molecule has 0 aliphatic carbocycles. The van der Waals surface area contributed by atoms with Gasteiger partial charge in [0.05, 0.1) is 15.6 Å². The molecule has 1 saturated heterocycles. The Labute approximate surface area is 153 Å². The number of halogens is 2. The minimum absolute atomic E-state index is 0.0233. The van der Waals surface area contributed by atoms with Crippen LogP contribution in [0.15, 0.2) is 52.4 Å². The molecule has 0 atom stereocenters. The molecule has 24 heavy (non-hydrogen) atoms. The lowest BCUT2D eigenvalue weighted by atomic mass is 10.2. The number of carbonyl (C=O) groups is 1. The minimum atomic E-state index is -0.174. The lowest BCUT2D eigenvalue weighted by molar-refractivity contribution is -0.121. The van der Waals surface area contributed by atoms with Crippen LogP contribution in [-0.4, -0.2) is 28.1 Å². The Hall–Kier alpha value is -1.95. The molecule has 3 rings (SSSR count). The number of likely N-dealkylation sites (N-methyl/N-ethyl adjacent to an activating group) is 1. The number of carbonyl (C=O) groups excluding carboxylic acids is 1. The van der Waals surface area contributed by atoms with Crippen LogP contribution in [0.5, 0.6) is 5.75 Å². The lowest BCUT2D eigenvalue weighted by Crippen LogP contribution is -2.23. The molecule has 1 heterocycles. The molecule has 1 aliphatic heterocycles. The van der Waals surface area contributed by atoms with Gasteiger partial charge in [-0.3, -0.25) is 9.69 Å². The molecule has 1 fully saturated rings. The Bertz CT molecular complexity index is 863. The van der Waals surface area contributed by atoms with Gasteiger partial charge in [0.15, 0.2) is 5.17 Å². The van der Waals surface area contributed by atoms with Crippen LogP contribution < -0.4 is 0 Å². The van der Waals surface area contributed by atoms with Gasteiger partial charge in [-0.15, -0.1) is 0 Å². The summed E-state index contributed by atoms with van der Waals surface area (Å²) in [6, 6.07) is 11.9. The Morgan fingerprint density at radius 2 is 1.88 bits per heavy atom. The van der Waals surface area contributed by atoms with E-state index in [4.69, 9.17) is 23.2 Å². The molecule has 0 saturated carbocycles. The molecule has 1 aliphatic rings. The molecule has 7 heteroatoms. The molecule has 0 radical (unpaired) electrons. The average Bonchev–Trinajstić information content (AvgIpc) is 2.82. The van der Waals surface area contributed by atoms with Crippen molar-refractivity contribution in [1.82, 2.24) is 4.90 Å². The lowest BCUT2D eigenvalue weighted by Gasteiger charge is -2.07. The van der Waals surface area contributed by atoms with E-state index in [9.17, 15) is 9.90 Å². The van der Waals surface area contributed by atoms with Crippen molar-refractivity contribution < 1.29 is 9.90 Å². The van der Waals surface area contributed by atoms with E-state index < -0.39 is 0 Å².